The summed E-state index contributed by atoms with van der Waals surface area (Å²) in [4.78, 5) is 43.1. The first-order chi connectivity index (χ1) is 14.4. The molecule has 30 heavy (non-hydrogen) atoms. The summed E-state index contributed by atoms with van der Waals surface area (Å²) in [7, 11) is 0. The number of fused-ring (bicyclic) bond motifs is 1. The molecule has 0 spiro atoms. The van der Waals surface area contributed by atoms with Crippen LogP contribution in [0.15, 0.2) is 54.6 Å². The second-order valence-electron chi connectivity index (χ2n) is 8.34. The van der Waals surface area contributed by atoms with Gasteiger partial charge in [-0.2, -0.15) is 0 Å². The van der Waals surface area contributed by atoms with Gasteiger partial charge in [0.25, 0.3) is 11.8 Å². The molecule has 7 heteroatoms. The lowest BCUT2D eigenvalue weighted by molar-refractivity contribution is -0.895. The summed E-state index contributed by atoms with van der Waals surface area (Å²) in [6.45, 7) is 6.44. The predicted molar refractivity (Wildman–Crippen MR) is 115 cm³/mol. The molecule has 2 N–H and O–H groups in total. The first-order valence-corrected chi connectivity index (χ1v) is 10.3. The van der Waals surface area contributed by atoms with E-state index in [2.05, 4.69) is 5.32 Å². The Morgan fingerprint density at radius 1 is 1.00 bits per heavy atom. The van der Waals surface area contributed by atoms with Crippen LogP contribution < -0.4 is 15.1 Å². The molecule has 2 aromatic carbocycles. The Labute approximate surface area is 176 Å². The number of hydrogen-bond acceptors (Lipinski definition) is 3. The molecule has 0 radical (unpaired) electrons. The van der Waals surface area contributed by atoms with E-state index in [1.165, 1.54) is 0 Å². The lowest BCUT2D eigenvalue weighted by atomic mass is 9.96. The summed E-state index contributed by atoms with van der Waals surface area (Å²) in [6.07, 6.45) is 0. The standard InChI is InChI=1S/C23H26N4O3/c1-23(2)22(30)24-18-10-6-7-11-19(18)27(23)20(28)16-25-12-14-26(15-13-25)21(29)17-8-4-3-5-9-17/h3-11H,12-16H2,1-2H3,(H,24,30)/p+1. The number of quaternary nitrogens is 1. The molecule has 0 saturated carbocycles. The Kier molecular flexibility index (Phi) is 5.30. The molecule has 0 aliphatic carbocycles. The van der Waals surface area contributed by atoms with E-state index >= 15 is 0 Å². The third-order valence-corrected chi connectivity index (χ3v) is 5.94. The molecule has 2 aromatic rings. The molecule has 0 aromatic heterocycles. The molecule has 0 atom stereocenters. The van der Waals surface area contributed by atoms with Crippen molar-refractivity contribution in [3.8, 4) is 0 Å². The van der Waals surface area contributed by atoms with Gasteiger partial charge in [0.2, 0.25) is 5.91 Å². The zero-order valence-corrected chi connectivity index (χ0v) is 17.4. The average Bonchev–Trinajstić information content (AvgIpc) is 2.75. The summed E-state index contributed by atoms with van der Waals surface area (Å²) >= 11 is 0. The largest absolute Gasteiger partial charge is 0.327 e. The summed E-state index contributed by atoms with van der Waals surface area (Å²) in [6, 6.07) is 16.7. The van der Waals surface area contributed by atoms with Crippen molar-refractivity contribution in [2.24, 2.45) is 0 Å². The van der Waals surface area contributed by atoms with Crippen molar-refractivity contribution in [1.29, 1.82) is 0 Å². The fourth-order valence-corrected chi connectivity index (χ4v) is 4.16. The normalized spacial score (nSPS) is 18.5. The van der Waals surface area contributed by atoms with Gasteiger partial charge in [-0.3, -0.25) is 19.3 Å². The second-order valence-corrected chi connectivity index (χ2v) is 8.34. The quantitative estimate of drug-likeness (QED) is 0.790. The topological polar surface area (TPSA) is 74.2 Å². The van der Waals surface area contributed by atoms with Gasteiger partial charge in [-0.15, -0.1) is 0 Å². The van der Waals surface area contributed by atoms with Crippen molar-refractivity contribution in [3.63, 3.8) is 0 Å². The van der Waals surface area contributed by atoms with E-state index in [-0.39, 0.29) is 17.7 Å². The average molecular weight is 407 g/mol. The smallest absolute Gasteiger partial charge is 0.283 e. The minimum atomic E-state index is -0.962. The molecule has 0 bridgehead atoms. The first kappa shape index (κ1) is 20.1. The Balaban J connectivity index is 1.43. The van der Waals surface area contributed by atoms with Crippen LogP contribution in [-0.2, 0) is 9.59 Å². The molecule has 7 nitrogen and oxygen atoms in total. The van der Waals surface area contributed by atoms with Gasteiger partial charge in [-0.05, 0) is 38.1 Å². The third-order valence-electron chi connectivity index (χ3n) is 5.94. The number of rotatable bonds is 3. The number of anilines is 2. The van der Waals surface area contributed by atoms with Crippen molar-refractivity contribution in [2.45, 2.75) is 19.4 Å². The van der Waals surface area contributed by atoms with E-state index < -0.39 is 5.54 Å². The number of carbonyl (C=O) groups excluding carboxylic acids is 3. The van der Waals surface area contributed by atoms with Crippen molar-refractivity contribution in [1.82, 2.24) is 4.90 Å². The molecule has 1 fully saturated rings. The fraction of sp³-hybridized carbons (Fsp3) is 0.348. The summed E-state index contributed by atoms with van der Waals surface area (Å²) < 4.78 is 0. The van der Waals surface area contributed by atoms with Crippen molar-refractivity contribution >= 4 is 29.1 Å². The first-order valence-electron chi connectivity index (χ1n) is 10.3. The van der Waals surface area contributed by atoms with Crippen LogP contribution in [0.25, 0.3) is 0 Å². The number of nitrogens with one attached hydrogen (secondary N) is 2. The van der Waals surface area contributed by atoms with Crippen LogP contribution in [-0.4, -0.2) is 60.9 Å². The number of hydrogen-bond donors (Lipinski definition) is 2. The fourth-order valence-electron chi connectivity index (χ4n) is 4.16. The van der Waals surface area contributed by atoms with Crippen LogP contribution in [0.5, 0.6) is 0 Å². The molecule has 1 saturated heterocycles. The lowest BCUT2D eigenvalue weighted by Gasteiger charge is -2.42. The van der Waals surface area contributed by atoms with E-state index in [0.717, 1.165) is 10.6 Å². The van der Waals surface area contributed by atoms with Gasteiger partial charge in [0.05, 0.1) is 37.6 Å². The van der Waals surface area contributed by atoms with E-state index in [0.29, 0.717) is 44.0 Å². The Morgan fingerprint density at radius 2 is 1.63 bits per heavy atom. The molecular formula is C23H27N4O3+. The van der Waals surface area contributed by atoms with Gasteiger partial charge in [-0.25, -0.2) is 0 Å². The van der Waals surface area contributed by atoms with E-state index in [1.807, 2.05) is 59.5 Å². The SMILES string of the molecule is CC1(C)C(=O)Nc2ccccc2N1C(=O)C[NH+]1CCN(C(=O)c2ccccc2)CC1. The second kappa shape index (κ2) is 7.91. The van der Waals surface area contributed by atoms with Crippen molar-refractivity contribution in [2.75, 3.05) is 42.9 Å². The zero-order valence-electron chi connectivity index (χ0n) is 17.4. The molecule has 3 amide bonds. The molecule has 156 valence electrons. The highest BCUT2D eigenvalue weighted by atomic mass is 16.2. The highest BCUT2D eigenvalue weighted by molar-refractivity contribution is 6.14. The van der Waals surface area contributed by atoms with Crippen LogP contribution in [0.3, 0.4) is 0 Å². The molecule has 4 rings (SSSR count). The van der Waals surface area contributed by atoms with Gasteiger partial charge in [0, 0.05) is 5.56 Å². The van der Waals surface area contributed by atoms with Gasteiger partial charge in [0.1, 0.15) is 5.54 Å². The van der Waals surface area contributed by atoms with E-state index in [9.17, 15) is 14.4 Å². The monoisotopic (exact) mass is 407 g/mol. The maximum Gasteiger partial charge on any atom is 0.283 e. The number of carbonyl (C=O) groups is 3. The summed E-state index contributed by atoms with van der Waals surface area (Å²) in [5, 5.41) is 2.89. The van der Waals surface area contributed by atoms with E-state index in [1.54, 1.807) is 18.7 Å². The Hall–Kier alpha value is -3.19. The van der Waals surface area contributed by atoms with Gasteiger partial charge in [-0.1, -0.05) is 30.3 Å². The number of benzene rings is 2. The van der Waals surface area contributed by atoms with Gasteiger partial charge < -0.3 is 15.1 Å². The third kappa shape index (κ3) is 3.68. The number of nitrogens with zero attached hydrogens (tertiary/aromatic N) is 2. The highest BCUT2D eigenvalue weighted by Gasteiger charge is 2.44. The van der Waals surface area contributed by atoms with Crippen LogP contribution in [0, 0.1) is 0 Å². The summed E-state index contributed by atoms with van der Waals surface area (Å²) in [5.74, 6) is -0.244. The number of amides is 3. The predicted octanol–water partition coefficient (Wildman–Crippen LogP) is 0.791. The molecule has 2 aliphatic rings. The molecule has 2 heterocycles. The maximum atomic E-state index is 13.3. The summed E-state index contributed by atoms with van der Waals surface area (Å²) in [5.41, 5.74) is 1.11. The van der Waals surface area contributed by atoms with Gasteiger partial charge >= 0.3 is 0 Å². The Bertz CT molecular complexity index is 965. The number of para-hydroxylation sites is 2. The lowest BCUT2D eigenvalue weighted by Crippen LogP contribution is -3.16. The zero-order chi connectivity index (χ0) is 21.3. The Morgan fingerprint density at radius 3 is 2.33 bits per heavy atom. The van der Waals surface area contributed by atoms with E-state index in [4.69, 9.17) is 0 Å². The maximum absolute atomic E-state index is 13.3. The molecule has 0 unspecified atom stereocenters. The van der Waals surface area contributed by atoms with Crippen LogP contribution in [0.1, 0.15) is 24.2 Å². The van der Waals surface area contributed by atoms with Crippen LogP contribution in [0.2, 0.25) is 0 Å². The van der Waals surface area contributed by atoms with Crippen LogP contribution >= 0.6 is 0 Å². The molecule has 2 aliphatic heterocycles. The van der Waals surface area contributed by atoms with Gasteiger partial charge in [0.15, 0.2) is 6.54 Å². The number of piperazine rings is 1. The molecular weight excluding hydrogens is 380 g/mol. The highest BCUT2D eigenvalue weighted by Crippen LogP contribution is 2.36. The minimum absolute atomic E-state index is 0.0312. The van der Waals surface area contributed by atoms with Crippen molar-refractivity contribution < 1.29 is 19.3 Å². The minimum Gasteiger partial charge on any atom is -0.327 e. The van der Waals surface area contributed by atoms with Crippen LogP contribution in [0.4, 0.5) is 11.4 Å². The van der Waals surface area contributed by atoms with Crippen molar-refractivity contribution in [3.05, 3.63) is 60.2 Å².